The van der Waals surface area contributed by atoms with E-state index in [1.807, 2.05) is 25.1 Å². The van der Waals surface area contributed by atoms with Gasteiger partial charge < -0.3 is 9.88 Å². The fourth-order valence-corrected chi connectivity index (χ4v) is 3.33. The van der Waals surface area contributed by atoms with Crippen molar-refractivity contribution in [2.45, 2.75) is 52.6 Å². The summed E-state index contributed by atoms with van der Waals surface area (Å²) in [4.78, 5) is 16.3. The summed E-state index contributed by atoms with van der Waals surface area (Å²) in [6.07, 6.45) is 1.14. The summed E-state index contributed by atoms with van der Waals surface area (Å²) in [6, 6.07) is 16.8. The second-order valence-electron chi connectivity index (χ2n) is 7.02. The average molecular weight is 349 g/mol. The van der Waals surface area contributed by atoms with Gasteiger partial charge in [-0.1, -0.05) is 50.2 Å². The minimum atomic E-state index is -0.140. The molecule has 3 aromatic rings. The molecule has 0 bridgehead atoms. The van der Waals surface area contributed by atoms with Gasteiger partial charge in [0.15, 0.2) is 0 Å². The van der Waals surface area contributed by atoms with E-state index in [0.717, 1.165) is 29.8 Å². The molecule has 2 atom stereocenters. The first-order valence-corrected chi connectivity index (χ1v) is 9.30. The predicted octanol–water partition coefficient (Wildman–Crippen LogP) is 4.80. The number of rotatable bonds is 6. The van der Waals surface area contributed by atoms with Crippen LogP contribution < -0.4 is 5.32 Å². The van der Waals surface area contributed by atoms with Crippen LogP contribution in [0.5, 0.6) is 0 Å². The van der Waals surface area contributed by atoms with Gasteiger partial charge in [0.25, 0.3) is 0 Å². The van der Waals surface area contributed by atoms with Crippen LogP contribution in [0.1, 0.15) is 63.0 Å². The van der Waals surface area contributed by atoms with Crippen LogP contribution in [0.2, 0.25) is 0 Å². The van der Waals surface area contributed by atoms with E-state index >= 15 is 0 Å². The molecule has 0 spiro atoms. The highest BCUT2D eigenvalue weighted by atomic mass is 16.1. The summed E-state index contributed by atoms with van der Waals surface area (Å²) >= 11 is 0. The molecule has 0 fully saturated rings. The highest BCUT2D eigenvalue weighted by Crippen LogP contribution is 2.24. The van der Waals surface area contributed by atoms with Crippen LogP contribution in [0.3, 0.4) is 0 Å². The average Bonchev–Trinajstić information content (AvgIpc) is 3.00. The van der Waals surface area contributed by atoms with E-state index < -0.39 is 0 Å². The SMILES string of the molecule is CCC(C)c1ccc(Cn2c(C(C)NC(C)=O)nc3ccccc32)cc1. The number of benzene rings is 2. The zero-order valence-electron chi connectivity index (χ0n) is 16.0. The van der Waals surface area contributed by atoms with Gasteiger partial charge in [0.1, 0.15) is 5.82 Å². The van der Waals surface area contributed by atoms with Crippen LogP contribution in [0.4, 0.5) is 0 Å². The Labute approximate surface area is 155 Å². The molecule has 0 aliphatic rings. The summed E-state index contributed by atoms with van der Waals surface area (Å²) in [5.41, 5.74) is 4.65. The van der Waals surface area contributed by atoms with Gasteiger partial charge in [-0.3, -0.25) is 4.79 Å². The fourth-order valence-electron chi connectivity index (χ4n) is 3.33. The number of hydrogen-bond acceptors (Lipinski definition) is 2. The summed E-state index contributed by atoms with van der Waals surface area (Å²) < 4.78 is 2.20. The first kappa shape index (κ1) is 18.2. The Hall–Kier alpha value is -2.62. The lowest BCUT2D eigenvalue weighted by Crippen LogP contribution is -2.26. The van der Waals surface area contributed by atoms with Gasteiger partial charge in [-0.25, -0.2) is 4.98 Å². The van der Waals surface area contributed by atoms with Crippen molar-refractivity contribution in [1.82, 2.24) is 14.9 Å². The monoisotopic (exact) mass is 349 g/mol. The van der Waals surface area contributed by atoms with Crippen molar-refractivity contribution >= 4 is 16.9 Å². The molecule has 3 rings (SSSR count). The molecular weight excluding hydrogens is 322 g/mol. The zero-order valence-corrected chi connectivity index (χ0v) is 16.0. The van der Waals surface area contributed by atoms with Crippen LogP contribution in [0, 0.1) is 0 Å². The third-order valence-corrected chi connectivity index (χ3v) is 4.99. The van der Waals surface area contributed by atoms with Crippen LogP contribution in [0.25, 0.3) is 11.0 Å². The van der Waals surface area contributed by atoms with E-state index in [2.05, 4.69) is 54.1 Å². The molecule has 0 aliphatic carbocycles. The van der Waals surface area contributed by atoms with Gasteiger partial charge in [-0.05, 0) is 42.5 Å². The van der Waals surface area contributed by atoms with Crippen LogP contribution in [-0.2, 0) is 11.3 Å². The van der Waals surface area contributed by atoms with E-state index in [4.69, 9.17) is 4.98 Å². The first-order chi connectivity index (χ1) is 12.5. The lowest BCUT2D eigenvalue weighted by atomic mass is 9.97. The minimum Gasteiger partial charge on any atom is -0.347 e. The highest BCUT2D eigenvalue weighted by molar-refractivity contribution is 5.77. The smallest absolute Gasteiger partial charge is 0.217 e. The number of amides is 1. The van der Waals surface area contributed by atoms with Gasteiger partial charge in [0, 0.05) is 13.5 Å². The number of nitrogens with one attached hydrogen (secondary N) is 1. The number of fused-ring (bicyclic) bond motifs is 1. The standard InChI is InChI=1S/C22H27N3O/c1-5-15(2)19-12-10-18(11-13-19)14-25-21-9-7-6-8-20(21)24-22(25)16(3)23-17(4)26/h6-13,15-16H,5,14H2,1-4H3,(H,23,26). The Morgan fingerprint density at radius 3 is 2.46 bits per heavy atom. The number of carbonyl (C=O) groups is 1. The lowest BCUT2D eigenvalue weighted by Gasteiger charge is -2.16. The molecule has 2 aromatic carbocycles. The lowest BCUT2D eigenvalue weighted by molar-refractivity contribution is -0.119. The number of carbonyl (C=O) groups excluding carboxylic acids is 1. The highest BCUT2D eigenvalue weighted by Gasteiger charge is 2.17. The Kier molecular flexibility index (Phi) is 5.40. The molecule has 1 N–H and O–H groups in total. The van der Waals surface area contributed by atoms with Crippen molar-refractivity contribution in [3.63, 3.8) is 0 Å². The van der Waals surface area contributed by atoms with Crippen molar-refractivity contribution in [3.05, 3.63) is 65.5 Å². The third-order valence-electron chi connectivity index (χ3n) is 4.99. The summed E-state index contributed by atoms with van der Waals surface area (Å²) in [7, 11) is 0. The van der Waals surface area contributed by atoms with Crippen molar-refractivity contribution in [2.24, 2.45) is 0 Å². The molecule has 4 heteroatoms. The molecule has 1 heterocycles. The maximum Gasteiger partial charge on any atom is 0.217 e. The van der Waals surface area contributed by atoms with E-state index in [-0.39, 0.29) is 11.9 Å². The Morgan fingerprint density at radius 1 is 1.12 bits per heavy atom. The summed E-state index contributed by atoms with van der Waals surface area (Å²) in [6.45, 7) is 8.72. The van der Waals surface area contributed by atoms with Gasteiger partial charge >= 0.3 is 0 Å². The Bertz CT molecular complexity index is 895. The Morgan fingerprint density at radius 2 is 1.81 bits per heavy atom. The maximum atomic E-state index is 11.5. The number of nitrogens with zero attached hydrogens (tertiary/aromatic N) is 2. The molecule has 26 heavy (non-hydrogen) atoms. The number of hydrogen-bond donors (Lipinski definition) is 1. The molecule has 2 unspecified atom stereocenters. The maximum absolute atomic E-state index is 11.5. The normalized spacial score (nSPS) is 13.5. The number of imidazole rings is 1. The van der Waals surface area contributed by atoms with Gasteiger partial charge in [0.2, 0.25) is 5.91 Å². The quantitative estimate of drug-likeness (QED) is 0.695. The van der Waals surface area contributed by atoms with E-state index in [1.54, 1.807) is 0 Å². The summed E-state index contributed by atoms with van der Waals surface area (Å²) in [5.74, 6) is 1.41. The van der Waals surface area contributed by atoms with Gasteiger partial charge in [-0.2, -0.15) is 0 Å². The van der Waals surface area contributed by atoms with Crippen molar-refractivity contribution in [2.75, 3.05) is 0 Å². The fraction of sp³-hybridized carbons (Fsp3) is 0.364. The molecule has 136 valence electrons. The molecule has 0 aliphatic heterocycles. The molecule has 4 nitrogen and oxygen atoms in total. The summed E-state index contributed by atoms with van der Waals surface area (Å²) in [5, 5.41) is 2.96. The van der Waals surface area contributed by atoms with E-state index in [0.29, 0.717) is 5.92 Å². The van der Waals surface area contributed by atoms with E-state index in [9.17, 15) is 4.79 Å². The molecule has 0 saturated carbocycles. The number of para-hydroxylation sites is 2. The topological polar surface area (TPSA) is 46.9 Å². The predicted molar refractivity (Wildman–Crippen MR) is 106 cm³/mol. The second kappa shape index (κ2) is 7.73. The minimum absolute atomic E-state index is 0.0472. The van der Waals surface area contributed by atoms with Gasteiger partial charge in [0.05, 0.1) is 17.1 Å². The molecule has 1 amide bonds. The molecular formula is C22H27N3O. The van der Waals surface area contributed by atoms with Crippen molar-refractivity contribution in [3.8, 4) is 0 Å². The molecule has 0 saturated heterocycles. The first-order valence-electron chi connectivity index (χ1n) is 9.30. The Balaban J connectivity index is 1.96. The van der Waals surface area contributed by atoms with Crippen LogP contribution in [-0.4, -0.2) is 15.5 Å². The van der Waals surface area contributed by atoms with Crippen LogP contribution >= 0.6 is 0 Å². The van der Waals surface area contributed by atoms with Crippen molar-refractivity contribution < 1.29 is 4.79 Å². The largest absolute Gasteiger partial charge is 0.347 e. The third kappa shape index (κ3) is 3.79. The number of aromatic nitrogens is 2. The van der Waals surface area contributed by atoms with E-state index in [1.165, 1.54) is 18.1 Å². The van der Waals surface area contributed by atoms with Crippen molar-refractivity contribution in [1.29, 1.82) is 0 Å². The zero-order chi connectivity index (χ0) is 18.7. The molecule has 0 radical (unpaired) electrons. The second-order valence-corrected chi connectivity index (χ2v) is 7.02. The molecule has 1 aromatic heterocycles. The van der Waals surface area contributed by atoms with Gasteiger partial charge in [-0.15, -0.1) is 0 Å². The van der Waals surface area contributed by atoms with Crippen LogP contribution in [0.15, 0.2) is 48.5 Å².